The molecule has 0 saturated carbocycles. The zero-order chi connectivity index (χ0) is 15.8. The third-order valence-corrected chi connectivity index (χ3v) is 3.61. The largest absolute Gasteiger partial charge is 0.450 e. The van der Waals surface area contributed by atoms with Gasteiger partial charge in [0.1, 0.15) is 0 Å². The molecule has 1 aliphatic heterocycles. The van der Waals surface area contributed by atoms with E-state index in [1.165, 1.54) is 0 Å². The zero-order valence-electron chi connectivity index (χ0n) is 12.9. The first-order valence-corrected chi connectivity index (χ1v) is 7.69. The second-order valence-corrected chi connectivity index (χ2v) is 5.25. The predicted octanol–water partition coefficient (Wildman–Crippen LogP) is 1.84. The SMILES string of the molecule is CCOC(=O)N1CCC(NC(=O)CNc2ccccc2)CC1. The maximum atomic E-state index is 11.9. The van der Waals surface area contributed by atoms with Gasteiger partial charge in [-0.25, -0.2) is 4.79 Å². The molecule has 0 aliphatic carbocycles. The van der Waals surface area contributed by atoms with E-state index in [1.54, 1.807) is 11.8 Å². The lowest BCUT2D eigenvalue weighted by molar-refractivity contribution is -0.120. The Morgan fingerprint density at radius 1 is 1.23 bits per heavy atom. The second kappa shape index (κ2) is 8.26. The number of nitrogens with one attached hydrogen (secondary N) is 2. The summed E-state index contributed by atoms with van der Waals surface area (Å²) in [6.07, 6.45) is 1.25. The maximum Gasteiger partial charge on any atom is 0.409 e. The Morgan fingerprint density at radius 2 is 1.91 bits per heavy atom. The molecule has 22 heavy (non-hydrogen) atoms. The minimum absolute atomic E-state index is 0.0292. The van der Waals surface area contributed by atoms with E-state index in [0.29, 0.717) is 19.7 Å². The van der Waals surface area contributed by atoms with Gasteiger partial charge in [-0.2, -0.15) is 0 Å². The number of rotatable bonds is 5. The van der Waals surface area contributed by atoms with Crippen molar-refractivity contribution in [2.75, 3.05) is 31.6 Å². The molecule has 6 nitrogen and oxygen atoms in total. The lowest BCUT2D eigenvalue weighted by Crippen LogP contribution is -2.47. The fourth-order valence-corrected chi connectivity index (χ4v) is 2.44. The molecular weight excluding hydrogens is 282 g/mol. The summed E-state index contributed by atoms with van der Waals surface area (Å²) in [5.74, 6) is -0.0292. The molecular formula is C16H23N3O3. The molecule has 0 radical (unpaired) electrons. The van der Waals surface area contributed by atoms with Crippen LogP contribution in [0.2, 0.25) is 0 Å². The number of anilines is 1. The van der Waals surface area contributed by atoms with Gasteiger partial charge in [-0.3, -0.25) is 4.79 Å². The summed E-state index contributed by atoms with van der Waals surface area (Å²) in [4.78, 5) is 25.2. The molecule has 2 N–H and O–H groups in total. The molecule has 1 aliphatic rings. The van der Waals surface area contributed by atoms with E-state index in [2.05, 4.69) is 10.6 Å². The maximum absolute atomic E-state index is 11.9. The number of hydrogen-bond donors (Lipinski definition) is 2. The van der Waals surface area contributed by atoms with Gasteiger partial charge >= 0.3 is 6.09 Å². The van der Waals surface area contributed by atoms with Crippen LogP contribution in [0.1, 0.15) is 19.8 Å². The highest BCUT2D eigenvalue weighted by Gasteiger charge is 2.24. The number of carbonyl (C=O) groups excluding carboxylic acids is 2. The molecule has 1 aromatic carbocycles. The van der Waals surface area contributed by atoms with Crippen molar-refractivity contribution in [1.29, 1.82) is 0 Å². The Bertz CT molecular complexity index is 485. The van der Waals surface area contributed by atoms with Crippen molar-refractivity contribution in [3.8, 4) is 0 Å². The second-order valence-electron chi connectivity index (χ2n) is 5.25. The van der Waals surface area contributed by atoms with Crippen molar-refractivity contribution in [2.24, 2.45) is 0 Å². The van der Waals surface area contributed by atoms with Crippen molar-refractivity contribution < 1.29 is 14.3 Å². The quantitative estimate of drug-likeness (QED) is 0.871. The van der Waals surface area contributed by atoms with E-state index in [-0.39, 0.29) is 24.6 Å². The van der Waals surface area contributed by atoms with Gasteiger partial charge in [0.25, 0.3) is 0 Å². The minimum Gasteiger partial charge on any atom is -0.450 e. The Kier molecular flexibility index (Phi) is 6.06. The van der Waals surface area contributed by atoms with E-state index < -0.39 is 0 Å². The number of benzene rings is 1. The van der Waals surface area contributed by atoms with Crippen LogP contribution >= 0.6 is 0 Å². The number of carbonyl (C=O) groups is 2. The average molecular weight is 305 g/mol. The van der Waals surface area contributed by atoms with Crippen molar-refractivity contribution in [3.05, 3.63) is 30.3 Å². The molecule has 120 valence electrons. The van der Waals surface area contributed by atoms with Crippen molar-refractivity contribution >= 4 is 17.7 Å². The van der Waals surface area contributed by atoms with Crippen LogP contribution in [-0.4, -0.2) is 49.2 Å². The lowest BCUT2D eigenvalue weighted by Gasteiger charge is -2.31. The van der Waals surface area contributed by atoms with Gasteiger partial charge in [0.2, 0.25) is 5.91 Å². The van der Waals surface area contributed by atoms with Crippen LogP contribution in [0, 0.1) is 0 Å². The van der Waals surface area contributed by atoms with Crippen LogP contribution in [0.3, 0.4) is 0 Å². The van der Waals surface area contributed by atoms with Crippen LogP contribution in [0.5, 0.6) is 0 Å². The molecule has 0 atom stereocenters. The number of nitrogens with zero attached hydrogens (tertiary/aromatic N) is 1. The molecule has 0 bridgehead atoms. The first kappa shape index (κ1) is 16.1. The summed E-state index contributed by atoms with van der Waals surface area (Å²) in [6.45, 7) is 3.68. The van der Waals surface area contributed by atoms with Crippen LogP contribution in [0.15, 0.2) is 30.3 Å². The summed E-state index contributed by atoms with van der Waals surface area (Å²) < 4.78 is 4.97. The Hall–Kier alpha value is -2.24. The van der Waals surface area contributed by atoms with Gasteiger partial charge in [-0.05, 0) is 31.9 Å². The summed E-state index contributed by atoms with van der Waals surface area (Å²) in [7, 11) is 0. The normalized spacial score (nSPS) is 15.2. The van der Waals surface area contributed by atoms with Crippen molar-refractivity contribution in [3.63, 3.8) is 0 Å². The number of amides is 2. The van der Waals surface area contributed by atoms with Crippen LogP contribution < -0.4 is 10.6 Å². The third kappa shape index (κ3) is 4.95. The monoisotopic (exact) mass is 305 g/mol. The smallest absolute Gasteiger partial charge is 0.409 e. The zero-order valence-corrected chi connectivity index (χ0v) is 12.9. The number of hydrogen-bond acceptors (Lipinski definition) is 4. The number of piperidine rings is 1. The van der Waals surface area contributed by atoms with Crippen molar-refractivity contribution in [1.82, 2.24) is 10.2 Å². The van der Waals surface area contributed by atoms with Gasteiger partial charge in [-0.1, -0.05) is 18.2 Å². The molecule has 1 aromatic rings. The molecule has 1 heterocycles. The summed E-state index contributed by atoms with van der Waals surface area (Å²) >= 11 is 0. The third-order valence-electron chi connectivity index (χ3n) is 3.61. The summed E-state index contributed by atoms with van der Waals surface area (Å²) in [5, 5.41) is 6.08. The molecule has 1 saturated heterocycles. The Morgan fingerprint density at radius 3 is 2.55 bits per heavy atom. The Labute approximate surface area is 130 Å². The minimum atomic E-state index is -0.266. The lowest BCUT2D eigenvalue weighted by atomic mass is 10.1. The molecule has 2 amide bonds. The molecule has 0 spiro atoms. The van der Waals surface area contributed by atoms with Gasteiger partial charge in [0, 0.05) is 24.8 Å². The topological polar surface area (TPSA) is 70.7 Å². The Balaban J connectivity index is 1.67. The van der Waals surface area contributed by atoms with Crippen LogP contribution in [0.4, 0.5) is 10.5 Å². The van der Waals surface area contributed by atoms with E-state index in [9.17, 15) is 9.59 Å². The predicted molar refractivity (Wildman–Crippen MR) is 84.7 cm³/mol. The average Bonchev–Trinajstić information content (AvgIpc) is 2.55. The van der Waals surface area contributed by atoms with Crippen LogP contribution in [0.25, 0.3) is 0 Å². The fourth-order valence-electron chi connectivity index (χ4n) is 2.44. The summed E-state index contributed by atoms with van der Waals surface area (Å²) in [5.41, 5.74) is 0.926. The van der Waals surface area contributed by atoms with Gasteiger partial charge in [0.05, 0.1) is 13.2 Å². The molecule has 0 unspecified atom stereocenters. The van der Waals surface area contributed by atoms with E-state index in [1.807, 2.05) is 30.3 Å². The van der Waals surface area contributed by atoms with Crippen LogP contribution in [-0.2, 0) is 9.53 Å². The van der Waals surface area contributed by atoms with E-state index >= 15 is 0 Å². The summed E-state index contributed by atoms with van der Waals surface area (Å²) in [6, 6.07) is 9.74. The number of likely N-dealkylation sites (tertiary alicyclic amines) is 1. The highest BCUT2D eigenvalue weighted by atomic mass is 16.6. The number of para-hydroxylation sites is 1. The van der Waals surface area contributed by atoms with Gasteiger partial charge < -0.3 is 20.3 Å². The van der Waals surface area contributed by atoms with Gasteiger partial charge in [0.15, 0.2) is 0 Å². The van der Waals surface area contributed by atoms with E-state index in [4.69, 9.17) is 4.74 Å². The highest BCUT2D eigenvalue weighted by molar-refractivity contribution is 5.81. The van der Waals surface area contributed by atoms with Crippen molar-refractivity contribution in [2.45, 2.75) is 25.8 Å². The van der Waals surface area contributed by atoms with E-state index in [0.717, 1.165) is 18.5 Å². The molecule has 2 rings (SSSR count). The molecule has 0 aromatic heterocycles. The first-order chi connectivity index (χ1) is 10.7. The van der Waals surface area contributed by atoms with Gasteiger partial charge in [-0.15, -0.1) is 0 Å². The number of ether oxygens (including phenoxy) is 1. The standard InChI is InChI=1S/C16H23N3O3/c1-2-22-16(21)19-10-8-14(9-11-19)18-15(20)12-17-13-6-4-3-5-7-13/h3-7,14,17H,2,8-12H2,1H3,(H,18,20). The molecule has 6 heteroatoms. The first-order valence-electron chi connectivity index (χ1n) is 7.69. The molecule has 1 fully saturated rings. The fraction of sp³-hybridized carbons (Fsp3) is 0.500. The highest BCUT2D eigenvalue weighted by Crippen LogP contribution is 2.11.